The Morgan fingerprint density at radius 1 is 0.724 bits per heavy atom. The molecule has 0 saturated heterocycles. The summed E-state index contributed by atoms with van der Waals surface area (Å²) in [6.07, 6.45) is 0. The average Bonchev–Trinajstić information content (AvgIpc) is 2.72. The summed E-state index contributed by atoms with van der Waals surface area (Å²) < 4.78 is 0. The molecule has 0 aliphatic carbocycles. The maximum absolute atomic E-state index is 11.6. The molecule has 0 amide bonds. The van der Waals surface area contributed by atoms with E-state index >= 15 is 0 Å². The van der Waals surface area contributed by atoms with Crippen LogP contribution in [0.1, 0.15) is 20.7 Å². The van der Waals surface area contributed by atoms with Crippen molar-refractivity contribution in [2.24, 2.45) is 10.2 Å². The Balaban J connectivity index is 2.02. The van der Waals surface area contributed by atoms with Gasteiger partial charge in [0.25, 0.3) is 0 Å². The molecule has 2 N–H and O–H groups in total. The van der Waals surface area contributed by atoms with Crippen molar-refractivity contribution in [3.63, 3.8) is 0 Å². The fraction of sp³-hybridized carbons (Fsp3) is 0.0909. The van der Waals surface area contributed by atoms with E-state index in [9.17, 15) is 19.8 Å². The third kappa shape index (κ3) is 4.47. The highest BCUT2D eigenvalue weighted by Gasteiger charge is 2.13. The van der Waals surface area contributed by atoms with Gasteiger partial charge in [0, 0.05) is 19.8 Å². The standard InChI is InChI=1S/C22H19N3O4/c1-25(2)16-10-7-14(8-11-16)15-9-12-18(22(28)29)20(13-15)24-23-19-6-4-3-5-17(19)21(26)27/h3-13H,1-2H3,(H,26,27)(H,28,29). The molecule has 7 nitrogen and oxygen atoms in total. The first kappa shape index (κ1) is 19.8. The fourth-order valence-corrected chi connectivity index (χ4v) is 2.78. The molecule has 0 unspecified atom stereocenters. The quantitative estimate of drug-likeness (QED) is 0.562. The second-order valence-corrected chi connectivity index (χ2v) is 6.50. The molecule has 0 aromatic heterocycles. The lowest BCUT2D eigenvalue weighted by Gasteiger charge is -2.13. The van der Waals surface area contributed by atoms with Crippen LogP contribution in [0, 0.1) is 0 Å². The van der Waals surface area contributed by atoms with E-state index in [0.29, 0.717) is 0 Å². The van der Waals surface area contributed by atoms with Gasteiger partial charge in [-0.05, 0) is 47.5 Å². The summed E-state index contributed by atoms with van der Waals surface area (Å²) in [6.45, 7) is 0. The maximum Gasteiger partial charge on any atom is 0.337 e. The number of aromatic carboxylic acids is 2. The summed E-state index contributed by atoms with van der Waals surface area (Å²) in [5.41, 5.74) is 2.99. The molecule has 7 heteroatoms. The van der Waals surface area contributed by atoms with Crippen molar-refractivity contribution in [2.45, 2.75) is 0 Å². The van der Waals surface area contributed by atoms with E-state index in [0.717, 1.165) is 16.8 Å². The number of hydrogen-bond donors (Lipinski definition) is 2. The van der Waals surface area contributed by atoms with Crippen molar-refractivity contribution in [2.75, 3.05) is 19.0 Å². The zero-order valence-electron chi connectivity index (χ0n) is 15.9. The molecule has 3 aromatic carbocycles. The van der Waals surface area contributed by atoms with Crippen LogP contribution in [0.25, 0.3) is 11.1 Å². The van der Waals surface area contributed by atoms with Crippen LogP contribution in [-0.4, -0.2) is 36.2 Å². The van der Waals surface area contributed by atoms with Gasteiger partial charge >= 0.3 is 11.9 Å². The highest BCUT2D eigenvalue weighted by atomic mass is 16.4. The normalized spacial score (nSPS) is 10.8. The molecule has 0 saturated carbocycles. The molecule has 0 aliphatic heterocycles. The van der Waals surface area contributed by atoms with Crippen LogP contribution in [0.2, 0.25) is 0 Å². The van der Waals surface area contributed by atoms with Crippen LogP contribution in [-0.2, 0) is 0 Å². The van der Waals surface area contributed by atoms with Crippen molar-refractivity contribution < 1.29 is 19.8 Å². The van der Waals surface area contributed by atoms with Crippen molar-refractivity contribution in [3.05, 3.63) is 77.9 Å². The number of anilines is 1. The third-order valence-corrected chi connectivity index (χ3v) is 4.35. The average molecular weight is 389 g/mol. The van der Waals surface area contributed by atoms with Gasteiger partial charge in [0.05, 0.1) is 11.1 Å². The van der Waals surface area contributed by atoms with Crippen LogP contribution < -0.4 is 4.90 Å². The molecule has 0 fully saturated rings. The number of nitrogens with zero attached hydrogens (tertiary/aromatic N) is 3. The van der Waals surface area contributed by atoms with Crippen molar-refractivity contribution in [1.82, 2.24) is 0 Å². The van der Waals surface area contributed by atoms with Crippen LogP contribution in [0.5, 0.6) is 0 Å². The molecule has 0 heterocycles. The molecular formula is C22H19N3O4. The van der Waals surface area contributed by atoms with Crippen molar-refractivity contribution in [1.29, 1.82) is 0 Å². The molecule has 0 radical (unpaired) electrons. The SMILES string of the molecule is CN(C)c1ccc(-c2ccc(C(=O)O)c(N=Nc3ccccc3C(=O)O)c2)cc1. The summed E-state index contributed by atoms with van der Waals surface area (Å²) in [5, 5.41) is 26.8. The fourth-order valence-electron chi connectivity index (χ4n) is 2.78. The summed E-state index contributed by atoms with van der Waals surface area (Å²) in [7, 11) is 3.90. The minimum atomic E-state index is -1.14. The predicted octanol–water partition coefficient (Wildman–Crippen LogP) is 5.23. The van der Waals surface area contributed by atoms with E-state index in [4.69, 9.17) is 0 Å². The van der Waals surface area contributed by atoms with Crippen molar-refractivity contribution in [3.8, 4) is 11.1 Å². The van der Waals surface area contributed by atoms with Gasteiger partial charge in [-0.15, -0.1) is 10.2 Å². The summed E-state index contributed by atoms with van der Waals surface area (Å²) >= 11 is 0. The topological polar surface area (TPSA) is 103 Å². The van der Waals surface area contributed by atoms with E-state index in [1.807, 2.05) is 43.3 Å². The molecular weight excluding hydrogens is 370 g/mol. The Labute approximate surface area is 167 Å². The van der Waals surface area contributed by atoms with E-state index in [-0.39, 0.29) is 22.5 Å². The number of carboxylic acid groups (broad SMARTS) is 2. The lowest BCUT2D eigenvalue weighted by molar-refractivity contribution is 0.0686. The number of carbonyl (C=O) groups is 2. The van der Waals surface area contributed by atoms with Gasteiger partial charge in [0.15, 0.2) is 0 Å². The van der Waals surface area contributed by atoms with Crippen LogP contribution in [0.4, 0.5) is 17.1 Å². The maximum atomic E-state index is 11.6. The van der Waals surface area contributed by atoms with Gasteiger partial charge in [-0.1, -0.05) is 30.3 Å². The molecule has 146 valence electrons. The lowest BCUT2D eigenvalue weighted by atomic mass is 10.0. The first-order valence-electron chi connectivity index (χ1n) is 8.76. The van der Waals surface area contributed by atoms with E-state index in [1.54, 1.807) is 24.3 Å². The molecule has 0 aliphatic rings. The number of rotatable bonds is 6. The smallest absolute Gasteiger partial charge is 0.337 e. The van der Waals surface area contributed by atoms with Crippen LogP contribution >= 0.6 is 0 Å². The molecule has 3 aromatic rings. The van der Waals surface area contributed by atoms with Gasteiger partial charge in [0.1, 0.15) is 11.4 Å². The summed E-state index contributed by atoms with van der Waals surface area (Å²) in [6, 6.07) is 18.8. The predicted molar refractivity (Wildman–Crippen MR) is 111 cm³/mol. The lowest BCUT2D eigenvalue weighted by Crippen LogP contribution is -2.07. The number of hydrogen-bond acceptors (Lipinski definition) is 5. The van der Waals surface area contributed by atoms with E-state index in [1.165, 1.54) is 18.2 Å². The zero-order chi connectivity index (χ0) is 21.0. The highest BCUT2D eigenvalue weighted by molar-refractivity contribution is 5.95. The van der Waals surface area contributed by atoms with Gasteiger partial charge in [-0.3, -0.25) is 0 Å². The van der Waals surface area contributed by atoms with E-state index < -0.39 is 11.9 Å². The van der Waals surface area contributed by atoms with Gasteiger partial charge in [-0.25, -0.2) is 9.59 Å². The summed E-state index contributed by atoms with van der Waals surface area (Å²) in [5.74, 6) is -2.27. The number of benzene rings is 3. The monoisotopic (exact) mass is 389 g/mol. The Morgan fingerprint density at radius 2 is 1.28 bits per heavy atom. The highest BCUT2D eigenvalue weighted by Crippen LogP contribution is 2.31. The minimum Gasteiger partial charge on any atom is -0.478 e. The molecule has 0 bridgehead atoms. The van der Waals surface area contributed by atoms with Gasteiger partial charge in [-0.2, -0.15) is 0 Å². The summed E-state index contributed by atoms with van der Waals surface area (Å²) in [4.78, 5) is 24.9. The molecule has 29 heavy (non-hydrogen) atoms. The van der Waals surface area contributed by atoms with Gasteiger partial charge < -0.3 is 15.1 Å². The Kier molecular flexibility index (Phi) is 5.69. The van der Waals surface area contributed by atoms with Crippen LogP contribution in [0.15, 0.2) is 77.0 Å². The largest absolute Gasteiger partial charge is 0.478 e. The minimum absolute atomic E-state index is 0.0106. The molecule has 0 spiro atoms. The molecule has 3 rings (SSSR count). The Morgan fingerprint density at radius 3 is 1.90 bits per heavy atom. The number of azo groups is 1. The Hall–Kier alpha value is -4.00. The second kappa shape index (κ2) is 8.35. The van der Waals surface area contributed by atoms with Crippen LogP contribution in [0.3, 0.4) is 0 Å². The van der Waals surface area contributed by atoms with E-state index in [2.05, 4.69) is 10.2 Å². The van der Waals surface area contributed by atoms with Crippen molar-refractivity contribution >= 4 is 29.0 Å². The third-order valence-electron chi connectivity index (χ3n) is 4.35. The Bertz CT molecular complexity index is 1090. The first-order chi connectivity index (χ1) is 13.9. The zero-order valence-corrected chi connectivity index (χ0v) is 15.9. The first-order valence-corrected chi connectivity index (χ1v) is 8.76. The second-order valence-electron chi connectivity index (χ2n) is 6.50. The van der Waals surface area contributed by atoms with Gasteiger partial charge in [0.2, 0.25) is 0 Å². The molecule has 0 atom stereocenters. The number of carboxylic acids is 2.